The van der Waals surface area contributed by atoms with Crippen LogP contribution < -0.4 is 5.73 Å². The summed E-state index contributed by atoms with van der Waals surface area (Å²) in [5.74, 6) is -0.222. The number of carbonyl (C=O) groups is 1. The molecule has 1 atom stereocenters. The molecule has 1 saturated heterocycles. The molecule has 1 fully saturated rings. The number of likely N-dealkylation sites (tertiary alicyclic amines) is 1. The molecular formula is C13H18N2O. The zero-order valence-electron chi connectivity index (χ0n) is 9.43. The molecule has 0 radical (unpaired) electrons. The topological polar surface area (TPSA) is 46.3 Å². The van der Waals surface area contributed by atoms with Gasteiger partial charge >= 0.3 is 0 Å². The molecule has 2 N–H and O–H groups in total. The Morgan fingerprint density at radius 2 is 2.12 bits per heavy atom. The van der Waals surface area contributed by atoms with Crippen molar-refractivity contribution in [2.75, 3.05) is 13.1 Å². The van der Waals surface area contributed by atoms with E-state index in [-0.39, 0.29) is 5.91 Å². The molecule has 0 aromatic heterocycles. The van der Waals surface area contributed by atoms with Crippen LogP contribution in [0, 0.1) is 0 Å². The molecular weight excluding hydrogens is 200 g/mol. The normalized spacial score (nSPS) is 21.1. The Kier molecular flexibility index (Phi) is 3.57. The maximum absolute atomic E-state index is 10.9. The minimum Gasteiger partial charge on any atom is -0.369 e. The molecule has 1 aromatic carbocycles. The van der Waals surface area contributed by atoms with Crippen molar-refractivity contribution in [1.82, 2.24) is 4.90 Å². The number of benzene rings is 1. The van der Waals surface area contributed by atoms with Crippen LogP contribution in [0.3, 0.4) is 0 Å². The van der Waals surface area contributed by atoms with Crippen LogP contribution in [0.25, 0.3) is 0 Å². The van der Waals surface area contributed by atoms with Crippen LogP contribution in [0.2, 0.25) is 0 Å². The summed E-state index contributed by atoms with van der Waals surface area (Å²) in [6.45, 7) is 1.40. The van der Waals surface area contributed by atoms with Gasteiger partial charge in [0.05, 0.1) is 6.54 Å². The first-order valence-electron chi connectivity index (χ1n) is 5.82. The quantitative estimate of drug-likeness (QED) is 0.825. The van der Waals surface area contributed by atoms with Crippen LogP contribution in [-0.2, 0) is 11.2 Å². The highest BCUT2D eigenvalue weighted by atomic mass is 16.1. The number of rotatable bonds is 4. The Morgan fingerprint density at radius 1 is 1.38 bits per heavy atom. The maximum Gasteiger partial charge on any atom is 0.231 e. The SMILES string of the molecule is NC(=O)CN1CCCC1Cc1ccccc1. The van der Waals surface area contributed by atoms with Gasteiger partial charge in [-0.1, -0.05) is 30.3 Å². The van der Waals surface area contributed by atoms with Gasteiger partial charge in [-0.2, -0.15) is 0 Å². The number of nitrogens with zero attached hydrogens (tertiary/aromatic N) is 1. The molecule has 0 aliphatic carbocycles. The lowest BCUT2D eigenvalue weighted by molar-refractivity contribution is -0.119. The van der Waals surface area contributed by atoms with E-state index in [9.17, 15) is 4.79 Å². The molecule has 86 valence electrons. The number of amides is 1. The summed E-state index contributed by atoms with van der Waals surface area (Å²) in [5.41, 5.74) is 6.58. The Hall–Kier alpha value is -1.35. The van der Waals surface area contributed by atoms with Gasteiger partial charge in [0.2, 0.25) is 5.91 Å². The van der Waals surface area contributed by atoms with Crippen molar-refractivity contribution >= 4 is 5.91 Å². The van der Waals surface area contributed by atoms with Gasteiger partial charge in [0.15, 0.2) is 0 Å². The number of hydrogen-bond donors (Lipinski definition) is 1. The molecule has 0 spiro atoms. The molecule has 0 bridgehead atoms. The van der Waals surface area contributed by atoms with Crippen LogP contribution in [0.5, 0.6) is 0 Å². The molecule has 3 heteroatoms. The van der Waals surface area contributed by atoms with Crippen LogP contribution in [0.4, 0.5) is 0 Å². The standard InChI is InChI=1S/C13H18N2O/c14-13(16)10-15-8-4-7-12(15)9-11-5-2-1-3-6-11/h1-3,5-6,12H,4,7-10H2,(H2,14,16). The van der Waals surface area contributed by atoms with E-state index < -0.39 is 0 Å². The maximum atomic E-state index is 10.9. The first-order chi connectivity index (χ1) is 7.75. The Labute approximate surface area is 96.2 Å². The summed E-state index contributed by atoms with van der Waals surface area (Å²) in [6.07, 6.45) is 3.36. The van der Waals surface area contributed by atoms with Crippen LogP contribution >= 0.6 is 0 Å². The second-order valence-electron chi connectivity index (χ2n) is 4.42. The van der Waals surface area contributed by atoms with Gasteiger partial charge in [0.25, 0.3) is 0 Å². The third kappa shape index (κ3) is 2.83. The molecule has 1 aromatic rings. The van der Waals surface area contributed by atoms with Gasteiger partial charge in [-0.3, -0.25) is 9.69 Å². The van der Waals surface area contributed by atoms with E-state index in [0.717, 1.165) is 13.0 Å². The molecule has 1 aliphatic heterocycles. The van der Waals surface area contributed by atoms with Crippen molar-refractivity contribution in [3.8, 4) is 0 Å². The fourth-order valence-electron chi connectivity index (χ4n) is 2.42. The molecule has 3 nitrogen and oxygen atoms in total. The second kappa shape index (κ2) is 5.12. The van der Waals surface area contributed by atoms with Crippen molar-refractivity contribution in [1.29, 1.82) is 0 Å². The number of primary amides is 1. The highest BCUT2D eigenvalue weighted by Gasteiger charge is 2.25. The zero-order chi connectivity index (χ0) is 11.4. The van der Waals surface area contributed by atoms with E-state index in [2.05, 4.69) is 29.2 Å². The molecule has 1 aliphatic rings. The van der Waals surface area contributed by atoms with Crippen LogP contribution in [0.15, 0.2) is 30.3 Å². The van der Waals surface area contributed by atoms with Gasteiger partial charge in [0.1, 0.15) is 0 Å². The summed E-state index contributed by atoms with van der Waals surface area (Å²) in [4.78, 5) is 13.1. The molecule has 0 saturated carbocycles. The fraction of sp³-hybridized carbons (Fsp3) is 0.462. The smallest absolute Gasteiger partial charge is 0.231 e. The number of nitrogens with two attached hydrogens (primary N) is 1. The predicted octanol–water partition coefficient (Wildman–Crippen LogP) is 1.18. The minimum atomic E-state index is -0.222. The number of hydrogen-bond acceptors (Lipinski definition) is 2. The lowest BCUT2D eigenvalue weighted by Gasteiger charge is -2.22. The Balaban J connectivity index is 1.96. The van der Waals surface area contributed by atoms with Crippen molar-refractivity contribution < 1.29 is 4.79 Å². The van der Waals surface area contributed by atoms with Gasteiger partial charge in [-0.25, -0.2) is 0 Å². The van der Waals surface area contributed by atoms with Gasteiger partial charge in [-0.15, -0.1) is 0 Å². The van der Waals surface area contributed by atoms with Crippen molar-refractivity contribution in [2.24, 2.45) is 5.73 Å². The molecule has 2 rings (SSSR count). The minimum absolute atomic E-state index is 0.222. The fourth-order valence-corrected chi connectivity index (χ4v) is 2.42. The molecule has 1 amide bonds. The first kappa shape index (κ1) is 11.1. The van der Waals surface area contributed by atoms with Gasteiger partial charge in [0, 0.05) is 6.04 Å². The summed E-state index contributed by atoms with van der Waals surface area (Å²) in [5, 5.41) is 0. The monoisotopic (exact) mass is 218 g/mol. The second-order valence-corrected chi connectivity index (χ2v) is 4.42. The van der Waals surface area contributed by atoms with Crippen molar-refractivity contribution in [2.45, 2.75) is 25.3 Å². The zero-order valence-corrected chi connectivity index (χ0v) is 9.43. The van der Waals surface area contributed by atoms with Crippen LogP contribution in [-0.4, -0.2) is 29.9 Å². The first-order valence-corrected chi connectivity index (χ1v) is 5.82. The van der Waals surface area contributed by atoms with Crippen molar-refractivity contribution in [3.05, 3.63) is 35.9 Å². The van der Waals surface area contributed by atoms with E-state index in [0.29, 0.717) is 12.6 Å². The summed E-state index contributed by atoms with van der Waals surface area (Å²) >= 11 is 0. The lowest BCUT2D eigenvalue weighted by atomic mass is 10.0. The largest absolute Gasteiger partial charge is 0.369 e. The van der Waals surface area contributed by atoms with Gasteiger partial charge < -0.3 is 5.73 Å². The van der Waals surface area contributed by atoms with E-state index in [1.54, 1.807) is 0 Å². The summed E-state index contributed by atoms with van der Waals surface area (Å²) in [6, 6.07) is 10.9. The van der Waals surface area contributed by atoms with Crippen LogP contribution in [0.1, 0.15) is 18.4 Å². The van der Waals surface area contributed by atoms with E-state index in [1.807, 2.05) is 6.07 Å². The lowest BCUT2D eigenvalue weighted by Crippen LogP contribution is -2.38. The highest BCUT2D eigenvalue weighted by molar-refractivity contribution is 5.76. The summed E-state index contributed by atoms with van der Waals surface area (Å²) < 4.78 is 0. The molecule has 16 heavy (non-hydrogen) atoms. The van der Waals surface area contributed by atoms with E-state index >= 15 is 0 Å². The third-order valence-corrected chi connectivity index (χ3v) is 3.17. The highest BCUT2D eigenvalue weighted by Crippen LogP contribution is 2.20. The molecule has 1 heterocycles. The third-order valence-electron chi connectivity index (χ3n) is 3.17. The van der Waals surface area contributed by atoms with E-state index in [1.165, 1.54) is 18.4 Å². The van der Waals surface area contributed by atoms with Crippen molar-refractivity contribution in [3.63, 3.8) is 0 Å². The van der Waals surface area contributed by atoms with Gasteiger partial charge in [-0.05, 0) is 31.4 Å². The average molecular weight is 218 g/mol. The Morgan fingerprint density at radius 3 is 2.81 bits per heavy atom. The Bertz CT molecular complexity index is 350. The predicted molar refractivity (Wildman–Crippen MR) is 63.9 cm³/mol. The summed E-state index contributed by atoms with van der Waals surface area (Å²) in [7, 11) is 0. The molecule has 1 unspecified atom stereocenters. The van der Waals surface area contributed by atoms with E-state index in [4.69, 9.17) is 5.73 Å². The average Bonchev–Trinajstić information content (AvgIpc) is 2.66. The number of carbonyl (C=O) groups excluding carboxylic acids is 1.